The Morgan fingerprint density at radius 3 is 2.20 bits per heavy atom. The highest BCUT2D eigenvalue weighted by Crippen LogP contribution is 1.67. The molecule has 0 aromatic heterocycles. The van der Waals surface area contributed by atoms with Crippen LogP contribution in [-0.4, -0.2) is 11.1 Å². The Morgan fingerprint density at radius 2 is 2.20 bits per heavy atom. The number of carboxylic acids is 1. The van der Waals surface area contributed by atoms with Crippen LogP contribution in [0.1, 0.15) is 13.3 Å². The average Bonchev–Trinajstić information content (AvgIpc) is 1.38. The zero-order chi connectivity index (χ0) is 4.28. The van der Waals surface area contributed by atoms with E-state index in [0.29, 0.717) is 0 Å². The molecule has 2 nitrogen and oxygen atoms in total. The summed E-state index contributed by atoms with van der Waals surface area (Å²) >= 11 is 0. The van der Waals surface area contributed by atoms with Crippen molar-refractivity contribution in [3.63, 3.8) is 0 Å². The van der Waals surface area contributed by atoms with Gasteiger partial charge in [-0.15, -0.1) is 0 Å². The molecule has 0 unspecified atom stereocenters. The first-order valence-electron chi connectivity index (χ1n) is 1.49. The molecular formula is C3H6O2. The molecule has 0 amide bonds. The van der Waals surface area contributed by atoms with Gasteiger partial charge in [-0.05, 0) is 0 Å². The maximum absolute atomic E-state index is 9.37. The zero-order valence-corrected chi connectivity index (χ0v) is 3.06. The molecule has 0 bridgehead atoms. The summed E-state index contributed by atoms with van der Waals surface area (Å²) in [5.41, 5.74) is 0. The number of hydrogen-bond acceptors (Lipinski definition) is 1. The second-order valence-electron chi connectivity index (χ2n) is 0.747. The molecule has 0 fully saturated rings. The Labute approximate surface area is 30.4 Å². The van der Waals surface area contributed by atoms with Crippen molar-refractivity contribution in [1.82, 2.24) is 0 Å². The lowest BCUT2D eigenvalue weighted by molar-refractivity contribution is -0.136. The standard InChI is InChI=1S/C3H6O2/c1-2-3(4)5/h2H2,1H3,(H,4,5)/i3+1,4+2,5+2. The van der Waals surface area contributed by atoms with Gasteiger partial charge < -0.3 is 5.11 Å². The summed E-state index contributed by atoms with van der Waals surface area (Å²) in [5, 5.41) is 7.72. The van der Waals surface area contributed by atoms with Crippen LogP contribution in [0.15, 0.2) is 0 Å². The molecule has 0 aliphatic carbocycles. The van der Waals surface area contributed by atoms with Gasteiger partial charge >= 0.3 is 5.97 Å². The predicted molar refractivity (Wildman–Crippen MR) is 17.9 cm³/mol. The minimum Gasteiger partial charge on any atom is -0.481 e. The van der Waals surface area contributed by atoms with E-state index in [-0.39, 0.29) is 6.42 Å². The van der Waals surface area contributed by atoms with Crippen molar-refractivity contribution >= 4 is 5.97 Å². The highest BCUT2D eigenvalue weighted by molar-refractivity contribution is 5.66. The van der Waals surface area contributed by atoms with Crippen molar-refractivity contribution in [2.45, 2.75) is 13.3 Å². The number of carboxylic acid groups (broad SMARTS) is 1. The van der Waals surface area contributed by atoms with E-state index in [1.54, 1.807) is 6.92 Å². The molecule has 0 radical (unpaired) electrons. The highest BCUT2D eigenvalue weighted by atomic mass is 18.3. The van der Waals surface area contributed by atoms with Gasteiger partial charge in [-0.25, -0.2) is 0 Å². The summed E-state index contributed by atoms with van der Waals surface area (Å²) in [5.74, 6) is -0.745. The topological polar surface area (TPSA) is 37.3 Å². The third-order valence-corrected chi connectivity index (χ3v) is 0.302. The minimum atomic E-state index is -0.745. The Balaban J connectivity index is 2.85. The van der Waals surface area contributed by atoms with E-state index in [4.69, 9.17) is 5.11 Å². The minimum absolute atomic E-state index is 0.222. The van der Waals surface area contributed by atoms with E-state index < -0.39 is 5.97 Å². The summed E-state index contributed by atoms with van der Waals surface area (Å²) < 4.78 is 0. The first kappa shape index (κ1) is 4.47. The molecule has 0 spiro atoms. The fraction of sp³-hybridized carbons (Fsp3) is 0.667. The van der Waals surface area contributed by atoms with Crippen LogP contribution < -0.4 is 0 Å². The van der Waals surface area contributed by atoms with Gasteiger partial charge in [0.15, 0.2) is 0 Å². The number of hydrogen-bond donors (Lipinski definition) is 1. The van der Waals surface area contributed by atoms with E-state index in [2.05, 4.69) is 0 Å². The molecule has 0 aromatic carbocycles. The van der Waals surface area contributed by atoms with Crippen molar-refractivity contribution in [1.29, 1.82) is 0 Å². The Kier molecular flexibility index (Phi) is 1.57. The van der Waals surface area contributed by atoms with Gasteiger partial charge in [0, 0.05) is 6.42 Å². The molecule has 0 aliphatic rings. The van der Waals surface area contributed by atoms with Crippen LogP contribution in [0, 0.1) is 0 Å². The quantitative estimate of drug-likeness (QED) is 0.366. The van der Waals surface area contributed by atoms with E-state index in [0.717, 1.165) is 0 Å². The summed E-state index contributed by atoms with van der Waals surface area (Å²) in [4.78, 5) is 9.37. The van der Waals surface area contributed by atoms with Crippen LogP contribution in [0.5, 0.6) is 0 Å². The van der Waals surface area contributed by atoms with Crippen LogP contribution in [0.4, 0.5) is 0 Å². The van der Waals surface area contributed by atoms with Crippen LogP contribution in [0.25, 0.3) is 0 Å². The molecule has 0 saturated heterocycles. The maximum Gasteiger partial charge on any atom is 0.303 e. The van der Waals surface area contributed by atoms with Crippen LogP contribution >= 0.6 is 0 Å². The molecule has 0 saturated carbocycles. The van der Waals surface area contributed by atoms with Crippen molar-refractivity contribution in [3.05, 3.63) is 0 Å². The summed E-state index contributed by atoms with van der Waals surface area (Å²) in [6, 6.07) is 0. The molecule has 0 atom stereocenters. The van der Waals surface area contributed by atoms with Gasteiger partial charge in [0.2, 0.25) is 0 Å². The smallest absolute Gasteiger partial charge is 0.303 e. The van der Waals surface area contributed by atoms with E-state index >= 15 is 0 Å². The van der Waals surface area contributed by atoms with Crippen molar-refractivity contribution < 1.29 is 9.90 Å². The van der Waals surface area contributed by atoms with Crippen molar-refractivity contribution in [3.8, 4) is 0 Å². The Morgan fingerprint density at radius 1 is 2.00 bits per heavy atom. The molecule has 0 rings (SSSR count). The first-order chi connectivity index (χ1) is 2.27. The van der Waals surface area contributed by atoms with Gasteiger partial charge in [-0.1, -0.05) is 6.92 Å². The Hall–Kier alpha value is -0.530. The normalized spacial score (nSPS) is 7.40. The van der Waals surface area contributed by atoms with Crippen molar-refractivity contribution in [2.75, 3.05) is 0 Å². The van der Waals surface area contributed by atoms with E-state index in [9.17, 15) is 4.79 Å². The summed E-state index contributed by atoms with van der Waals surface area (Å²) in [6.45, 7) is 1.60. The largest absolute Gasteiger partial charge is 0.481 e. The molecule has 30 valence electrons. The van der Waals surface area contributed by atoms with Gasteiger partial charge in [-0.3, -0.25) is 4.79 Å². The fourth-order valence-electron chi connectivity index (χ4n) is 0. The van der Waals surface area contributed by atoms with E-state index in [1.165, 1.54) is 0 Å². The van der Waals surface area contributed by atoms with E-state index in [1.807, 2.05) is 0 Å². The Bertz CT molecular complexity index is 40.2. The van der Waals surface area contributed by atoms with Crippen LogP contribution in [0.2, 0.25) is 0 Å². The highest BCUT2D eigenvalue weighted by Gasteiger charge is 1.80. The molecule has 0 aliphatic heterocycles. The van der Waals surface area contributed by atoms with Crippen LogP contribution in [-0.2, 0) is 4.79 Å². The molecule has 0 heterocycles. The zero-order valence-electron chi connectivity index (χ0n) is 3.06. The predicted octanol–water partition coefficient (Wildman–Crippen LogP) is 0.481. The SMILES string of the molecule is CC[13C](=[18O])[18OH]. The first-order valence-corrected chi connectivity index (χ1v) is 1.49. The molecule has 1 N–H and O–H groups in total. The van der Waals surface area contributed by atoms with Crippen LogP contribution in [0.3, 0.4) is 0 Å². The van der Waals surface area contributed by atoms with Crippen molar-refractivity contribution in [2.24, 2.45) is 0 Å². The van der Waals surface area contributed by atoms with Gasteiger partial charge in [0.05, 0.1) is 0 Å². The molecule has 2 heteroatoms. The summed E-state index contributed by atoms with van der Waals surface area (Å²) in [7, 11) is 0. The molecule has 5 heavy (non-hydrogen) atoms. The third-order valence-electron chi connectivity index (χ3n) is 0.302. The second kappa shape index (κ2) is 1.76. The van der Waals surface area contributed by atoms with Gasteiger partial charge in [0.1, 0.15) is 0 Å². The monoisotopic (exact) mass is 79.0 g/mol. The van der Waals surface area contributed by atoms with Gasteiger partial charge in [-0.2, -0.15) is 0 Å². The molecular weight excluding hydrogens is 73.0 g/mol. The summed E-state index contributed by atoms with van der Waals surface area (Å²) in [6.07, 6.45) is 0.222. The number of rotatable bonds is 1. The lowest BCUT2D eigenvalue weighted by Crippen LogP contribution is -1.86. The number of carbonyl (C=O) groups is 1. The maximum atomic E-state index is 9.37. The lowest BCUT2D eigenvalue weighted by atomic mass is 10.7. The number of aliphatic carboxylic acids is 1. The van der Waals surface area contributed by atoms with Gasteiger partial charge in [0.25, 0.3) is 0 Å². The lowest BCUT2D eigenvalue weighted by Gasteiger charge is -1.71. The second-order valence-corrected chi connectivity index (χ2v) is 0.747. The molecule has 0 aromatic rings. The fourth-order valence-corrected chi connectivity index (χ4v) is 0. The third kappa shape index (κ3) is 3.47. The average molecular weight is 79.1 g/mol.